The van der Waals surface area contributed by atoms with Crippen molar-refractivity contribution in [2.75, 3.05) is 0 Å². The predicted octanol–water partition coefficient (Wildman–Crippen LogP) is 2.10. The quantitative estimate of drug-likeness (QED) is 0.514. The van der Waals surface area contributed by atoms with Crippen LogP contribution in [0, 0.1) is 11.3 Å². The van der Waals surface area contributed by atoms with Gasteiger partial charge in [-0.25, -0.2) is 0 Å². The summed E-state index contributed by atoms with van der Waals surface area (Å²) in [6.07, 6.45) is 0.702. The van der Waals surface area contributed by atoms with E-state index in [1.807, 2.05) is 6.92 Å². The van der Waals surface area contributed by atoms with Gasteiger partial charge in [0.2, 0.25) is 0 Å². The van der Waals surface area contributed by atoms with Crippen LogP contribution in [-0.4, -0.2) is 19.8 Å². The molecule has 0 N–H and O–H groups in total. The number of esters is 1. The van der Waals surface area contributed by atoms with Crippen molar-refractivity contribution < 1.29 is 9.53 Å². The van der Waals surface area contributed by atoms with Gasteiger partial charge in [0.25, 0.3) is 0 Å². The van der Waals surface area contributed by atoms with Gasteiger partial charge < -0.3 is 4.74 Å². The summed E-state index contributed by atoms with van der Waals surface area (Å²) in [7, 11) is -1.43. The van der Waals surface area contributed by atoms with Crippen molar-refractivity contribution in [3.63, 3.8) is 0 Å². The minimum absolute atomic E-state index is 0.0355. The summed E-state index contributed by atoms with van der Waals surface area (Å²) in [6.45, 7) is 8.46. The standard InChI is InChI=1S/C9H17NO2Si/c1-5-9(13(2,3)4)12-8(11)6-7-10/h9H,5-6H2,1-4H3. The fourth-order valence-corrected chi connectivity index (χ4v) is 2.85. The second-order valence-corrected chi connectivity index (χ2v) is 9.46. The lowest BCUT2D eigenvalue weighted by Gasteiger charge is -2.27. The fraction of sp³-hybridized carbons (Fsp3) is 0.778. The Bertz CT molecular complexity index is 215. The summed E-state index contributed by atoms with van der Waals surface area (Å²) in [5, 5.41) is 8.29. The normalized spacial score (nSPS) is 13.2. The van der Waals surface area contributed by atoms with E-state index in [0.717, 1.165) is 6.42 Å². The third kappa shape index (κ3) is 4.68. The van der Waals surface area contributed by atoms with Gasteiger partial charge in [-0.05, 0) is 6.42 Å². The molecule has 0 radical (unpaired) electrons. The minimum atomic E-state index is -1.43. The molecule has 13 heavy (non-hydrogen) atoms. The summed E-state index contributed by atoms with van der Waals surface area (Å²) in [4.78, 5) is 11.0. The van der Waals surface area contributed by atoms with Gasteiger partial charge in [-0.15, -0.1) is 0 Å². The molecule has 0 fully saturated rings. The van der Waals surface area contributed by atoms with Crippen molar-refractivity contribution >= 4 is 14.0 Å². The van der Waals surface area contributed by atoms with Crippen LogP contribution < -0.4 is 0 Å². The summed E-state index contributed by atoms with van der Waals surface area (Å²) >= 11 is 0. The molecular weight excluding hydrogens is 182 g/mol. The van der Waals surface area contributed by atoms with Crippen molar-refractivity contribution in [2.24, 2.45) is 0 Å². The number of hydrogen-bond donors (Lipinski definition) is 0. The predicted molar refractivity (Wildman–Crippen MR) is 53.7 cm³/mol. The molecule has 0 aromatic heterocycles. The maximum absolute atomic E-state index is 11.0. The van der Waals surface area contributed by atoms with E-state index in [0.29, 0.717) is 0 Å². The number of nitrogens with zero attached hydrogens (tertiary/aromatic N) is 1. The second-order valence-electron chi connectivity index (χ2n) is 4.09. The largest absolute Gasteiger partial charge is 0.466 e. The molecule has 0 saturated heterocycles. The van der Waals surface area contributed by atoms with Crippen LogP contribution in [0.3, 0.4) is 0 Å². The Morgan fingerprint density at radius 1 is 1.54 bits per heavy atom. The maximum atomic E-state index is 11.0. The van der Waals surface area contributed by atoms with E-state index in [4.69, 9.17) is 10.00 Å². The van der Waals surface area contributed by atoms with Gasteiger partial charge in [0.05, 0.1) is 19.9 Å². The zero-order valence-electron chi connectivity index (χ0n) is 8.76. The lowest BCUT2D eigenvalue weighted by Crippen LogP contribution is -2.41. The molecule has 1 unspecified atom stereocenters. The fourth-order valence-electron chi connectivity index (χ4n) is 1.14. The molecule has 0 spiro atoms. The van der Waals surface area contributed by atoms with Gasteiger partial charge in [-0.2, -0.15) is 5.26 Å². The third-order valence-electron chi connectivity index (χ3n) is 1.83. The Morgan fingerprint density at radius 2 is 2.08 bits per heavy atom. The van der Waals surface area contributed by atoms with Crippen molar-refractivity contribution in [3.8, 4) is 6.07 Å². The van der Waals surface area contributed by atoms with E-state index in [1.54, 1.807) is 6.07 Å². The molecule has 0 bridgehead atoms. The molecule has 3 nitrogen and oxygen atoms in total. The molecule has 0 heterocycles. The van der Waals surface area contributed by atoms with E-state index in [9.17, 15) is 4.79 Å². The van der Waals surface area contributed by atoms with E-state index in [-0.39, 0.29) is 12.1 Å². The van der Waals surface area contributed by atoms with Crippen LogP contribution in [0.25, 0.3) is 0 Å². The lowest BCUT2D eigenvalue weighted by atomic mass is 10.5. The maximum Gasteiger partial charge on any atom is 0.320 e. The van der Waals surface area contributed by atoms with Gasteiger partial charge >= 0.3 is 5.97 Å². The highest BCUT2D eigenvalue weighted by Crippen LogP contribution is 2.15. The summed E-state index contributed by atoms with van der Waals surface area (Å²) in [5.74, 6) is -0.392. The van der Waals surface area contributed by atoms with Crippen molar-refractivity contribution in [2.45, 2.75) is 45.1 Å². The SMILES string of the molecule is CCC(OC(=O)CC#N)[Si](C)(C)C. The molecule has 1 atom stereocenters. The van der Waals surface area contributed by atoms with Gasteiger partial charge in [0, 0.05) is 0 Å². The van der Waals surface area contributed by atoms with Gasteiger partial charge in [-0.1, -0.05) is 26.6 Å². The molecule has 0 aromatic rings. The highest BCUT2D eigenvalue weighted by Gasteiger charge is 2.28. The Kier molecular flexibility index (Phi) is 4.71. The number of rotatable bonds is 4. The molecule has 0 aliphatic carbocycles. The smallest absolute Gasteiger partial charge is 0.320 e. The third-order valence-corrected chi connectivity index (χ3v) is 4.29. The number of nitriles is 1. The van der Waals surface area contributed by atoms with E-state index < -0.39 is 14.0 Å². The van der Waals surface area contributed by atoms with Crippen LogP contribution in [0.15, 0.2) is 0 Å². The summed E-state index contributed by atoms with van der Waals surface area (Å²) < 4.78 is 5.20. The monoisotopic (exact) mass is 199 g/mol. The van der Waals surface area contributed by atoms with E-state index in [2.05, 4.69) is 19.6 Å². The van der Waals surface area contributed by atoms with Crippen LogP contribution in [0.1, 0.15) is 19.8 Å². The zero-order valence-corrected chi connectivity index (χ0v) is 9.76. The Hall–Kier alpha value is -0.823. The highest BCUT2D eigenvalue weighted by atomic mass is 28.3. The molecule has 0 rings (SSSR count). The molecular formula is C9H17NO2Si. The van der Waals surface area contributed by atoms with Crippen LogP contribution in [-0.2, 0) is 9.53 Å². The second kappa shape index (κ2) is 5.03. The first-order chi connectivity index (χ1) is 5.91. The lowest BCUT2D eigenvalue weighted by molar-refractivity contribution is -0.144. The van der Waals surface area contributed by atoms with Crippen molar-refractivity contribution in [1.82, 2.24) is 0 Å². The topological polar surface area (TPSA) is 50.1 Å². The highest BCUT2D eigenvalue weighted by molar-refractivity contribution is 6.77. The van der Waals surface area contributed by atoms with Crippen LogP contribution >= 0.6 is 0 Å². The Morgan fingerprint density at radius 3 is 2.38 bits per heavy atom. The van der Waals surface area contributed by atoms with E-state index >= 15 is 0 Å². The summed E-state index contributed by atoms with van der Waals surface area (Å²) in [6, 6.07) is 1.79. The first-order valence-corrected chi connectivity index (χ1v) is 8.06. The zero-order chi connectivity index (χ0) is 10.5. The van der Waals surface area contributed by atoms with Gasteiger partial charge in [-0.3, -0.25) is 4.79 Å². The molecule has 0 aliphatic heterocycles. The molecule has 4 heteroatoms. The first kappa shape index (κ1) is 12.2. The summed E-state index contributed by atoms with van der Waals surface area (Å²) in [5.41, 5.74) is 0.0355. The first-order valence-electron chi connectivity index (χ1n) is 4.48. The average Bonchev–Trinajstić information content (AvgIpc) is 1.98. The van der Waals surface area contributed by atoms with Gasteiger partial charge in [0.1, 0.15) is 6.42 Å². The Balaban J connectivity index is 4.16. The number of carbonyl (C=O) groups is 1. The molecule has 0 aromatic carbocycles. The van der Waals surface area contributed by atoms with E-state index in [1.165, 1.54) is 0 Å². The van der Waals surface area contributed by atoms with Crippen LogP contribution in [0.5, 0.6) is 0 Å². The van der Waals surface area contributed by atoms with Crippen LogP contribution in [0.2, 0.25) is 19.6 Å². The minimum Gasteiger partial charge on any atom is -0.466 e. The van der Waals surface area contributed by atoms with Crippen LogP contribution in [0.4, 0.5) is 0 Å². The molecule has 0 aliphatic rings. The van der Waals surface area contributed by atoms with Gasteiger partial charge in [0.15, 0.2) is 0 Å². The van der Waals surface area contributed by atoms with Crippen molar-refractivity contribution in [1.29, 1.82) is 5.26 Å². The molecule has 74 valence electrons. The Labute approximate surface area is 80.7 Å². The molecule has 0 amide bonds. The molecule has 0 saturated carbocycles. The number of hydrogen-bond acceptors (Lipinski definition) is 3. The van der Waals surface area contributed by atoms with Crippen molar-refractivity contribution in [3.05, 3.63) is 0 Å². The number of ether oxygens (including phenoxy) is 1. The average molecular weight is 199 g/mol. The number of carbonyl (C=O) groups excluding carboxylic acids is 1.